The van der Waals surface area contributed by atoms with Crippen LogP contribution in [0.1, 0.15) is 12.0 Å². The van der Waals surface area contributed by atoms with Crippen LogP contribution in [0.5, 0.6) is 0 Å². The summed E-state index contributed by atoms with van der Waals surface area (Å²) < 4.78 is 12.7. The molecule has 0 amide bonds. The van der Waals surface area contributed by atoms with Gasteiger partial charge in [0, 0.05) is 48.9 Å². The van der Waals surface area contributed by atoms with Gasteiger partial charge in [0.2, 0.25) is 0 Å². The first kappa shape index (κ1) is 16.3. The van der Waals surface area contributed by atoms with Crippen molar-refractivity contribution in [1.29, 1.82) is 0 Å². The average molecular weight is 311 g/mol. The molecule has 21 heavy (non-hydrogen) atoms. The van der Waals surface area contributed by atoms with Gasteiger partial charge in [-0.3, -0.25) is 0 Å². The second-order valence-corrected chi connectivity index (χ2v) is 5.43. The van der Waals surface area contributed by atoms with E-state index in [2.05, 4.69) is 22.1 Å². The van der Waals surface area contributed by atoms with E-state index in [0.29, 0.717) is 13.2 Å². The first-order valence-corrected chi connectivity index (χ1v) is 7.62. The zero-order valence-corrected chi connectivity index (χ0v) is 13.4. The Bertz CT molecular complexity index is 569. The fourth-order valence-corrected chi connectivity index (χ4v) is 2.61. The highest BCUT2D eigenvalue weighted by atomic mass is 35.5. The molecule has 0 aliphatic rings. The Labute approximate surface area is 131 Å². The lowest BCUT2D eigenvalue weighted by Crippen LogP contribution is -2.06. The SMILES string of the molecule is CNCc1cn(CCCOCCOC)c2cc(Cl)ccc12. The van der Waals surface area contributed by atoms with E-state index in [1.807, 2.05) is 19.2 Å². The molecule has 0 spiro atoms. The molecule has 0 saturated heterocycles. The maximum atomic E-state index is 6.13. The lowest BCUT2D eigenvalue weighted by atomic mass is 10.2. The highest BCUT2D eigenvalue weighted by Gasteiger charge is 2.08. The maximum Gasteiger partial charge on any atom is 0.0700 e. The smallest absolute Gasteiger partial charge is 0.0700 e. The number of methoxy groups -OCH3 is 1. The van der Waals surface area contributed by atoms with E-state index >= 15 is 0 Å². The monoisotopic (exact) mass is 310 g/mol. The van der Waals surface area contributed by atoms with Crippen LogP contribution >= 0.6 is 11.6 Å². The van der Waals surface area contributed by atoms with Crippen molar-refractivity contribution in [2.45, 2.75) is 19.5 Å². The van der Waals surface area contributed by atoms with Gasteiger partial charge in [-0.2, -0.15) is 0 Å². The summed E-state index contributed by atoms with van der Waals surface area (Å²) in [7, 11) is 3.64. The number of nitrogens with zero attached hydrogens (tertiary/aromatic N) is 1. The van der Waals surface area contributed by atoms with Crippen molar-refractivity contribution in [1.82, 2.24) is 9.88 Å². The molecule has 2 aromatic rings. The number of nitrogens with one attached hydrogen (secondary N) is 1. The minimum Gasteiger partial charge on any atom is -0.382 e. The Kier molecular flexibility index (Phi) is 6.51. The molecule has 0 fully saturated rings. The van der Waals surface area contributed by atoms with Gasteiger partial charge in [0.25, 0.3) is 0 Å². The Morgan fingerprint density at radius 2 is 2.10 bits per heavy atom. The summed E-state index contributed by atoms with van der Waals surface area (Å²) in [5.74, 6) is 0. The molecule has 0 aliphatic heterocycles. The molecule has 0 bridgehead atoms. The minimum absolute atomic E-state index is 0.647. The third kappa shape index (κ3) is 4.45. The molecule has 1 aromatic heterocycles. The quantitative estimate of drug-likeness (QED) is 0.723. The first-order valence-electron chi connectivity index (χ1n) is 7.25. The highest BCUT2D eigenvalue weighted by molar-refractivity contribution is 6.31. The summed E-state index contributed by atoms with van der Waals surface area (Å²) in [5.41, 5.74) is 2.48. The van der Waals surface area contributed by atoms with Crippen LogP contribution in [0.3, 0.4) is 0 Å². The van der Waals surface area contributed by atoms with Crippen LogP contribution < -0.4 is 5.32 Å². The van der Waals surface area contributed by atoms with Crippen molar-refractivity contribution in [3.8, 4) is 0 Å². The predicted octanol–water partition coefficient (Wildman–Crippen LogP) is 3.07. The van der Waals surface area contributed by atoms with E-state index in [-0.39, 0.29) is 0 Å². The second-order valence-electron chi connectivity index (χ2n) is 5.00. The van der Waals surface area contributed by atoms with Gasteiger partial charge in [-0.1, -0.05) is 17.7 Å². The van der Waals surface area contributed by atoms with E-state index in [0.717, 1.165) is 31.1 Å². The number of aryl methyl sites for hydroxylation is 1. The van der Waals surface area contributed by atoms with Gasteiger partial charge in [0.15, 0.2) is 0 Å². The van der Waals surface area contributed by atoms with E-state index in [1.165, 1.54) is 16.5 Å². The van der Waals surface area contributed by atoms with Gasteiger partial charge in [0.05, 0.1) is 13.2 Å². The van der Waals surface area contributed by atoms with Gasteiger partial charge >= 0.3 is 0 Å². The molecule has 0 aliphatic carbocycles. The zero-order valence-electron chi connectivity index (χ0n) is 12.7. The molecule has 1 aromatic carbocycles. The Hall–Kier alpha value is -1.07. The van der Waals surface area contributed by atoms with E-state index < -0.39 is 0 Å². The molecule has 5 heteroatoms. The number of halogens is 1. The number of hydrogen-bond donors (Lipinski definition) is 1. The summed E-state index contributed by atoms with van der Waals surface area (Å²) in [6.07, 6.45) is 3.17. The van der Waals surface area contributed by atoms with Gasteiger partial charge in [-0.25, -0.2) is 0 Å². The lowest BCUT2D eigenvalue weighted by molar-refractivity contribution is 0.0681. The van der Waals surface area contributed by atoms with Crippen LogP contribution in [-0.2, 0) is 22.6 Å². The third-order valence-corrected chi connectivity index (χ3v) is 3.65. The molecule has 2 rings (SSSR count). The molecule has 0 atom stereocenters. The van der Waals surface area contributed by atoms with Crippen molar-refractivity contribution in [3.63, 3.8) is 0 Å². The molecule has 116 valence electrons. The van der Waals surface area contributed by atoms with Gasteiger partial charge < -0.3 is 19.4 Å². The van der Waals surface area contributed by atoms with Crippen LogP contribution in [0.15, 0.2) is 24.4 Å². The van der Waals surface area contributed by atoms with Gasteiger partial charge in [-0.05, 0) is 31.2 Å². The predicted molar refractivity (Wildman–Crippen MR) is 87.0 cm³/mol. The third-order valence-electron chi connectivity index (χ3n) is 3.41. The summed E-state index contributed by atoms with van der Waals surface area (Å²) in [4.78, 5) is 0. The minimum atomic E-state index is 0.647. The summed E-state index contributed by atoms with van der Waals surface area (Å²) in [6.45, 7) is 3.82. The first-order chi connectivity index (χ1) is 10.3. The summed E-state index contributed by atoms with van der Waals surface area (Å²) >= 11 is 6.13. The molecule has 0 saturated carbocycles. The summed E-state index contributed by atoms with van der Waals surface area (Å²) in [5, 5.41) is 5.24. The largest absolute Gasteiger partial charge is 0.382 e. The topological polar surface area (TPSA) is 35.4 Å². The van der Waals surface area contributed by atoms with Crippen LogP contribution in [-0.4, -0.2) is 38.5 Å². The van der Waals surface area contributed by atoms with Crippen molar-refractivity contribution < 1.29 is 9.47 Å². The number of hydrogen-bond acceptors (Lipinski definition) is 3. The molecular weight excluding hydrogens is 288 g/mol. The van der Waals surface area contributed by atoms with E-state index in [1.54, 1.807) is 7.11 Å². The van der Waals surface area contributed by atoms with Crippen LogP contribution in [0.25, 0.3) is 10.9 Å². The number of fused-ring (bicyclic) bond motifs is 1. The van der Waals surface area contributed by atoms with Crippen LogP contribution in [0.4, 0.5) is 0 Å². The van der Waals surface area contributed by atoms with Crippen molar-refractivity contribution in [2.24, 2.45) is 0 Å². The molecule has 0 unspecified atom stereocenters. The zero-order chi connectivity index (χ0) is 15.1. The Balaban J connectivity index is 2.03. The number of ether oxygens (including phenoxy) is 2. The molecule has 1 heterocycles. The molecular formula is C16H23ClN2O2. The van der Waals surface area contributed by atoms with Crippen LogP contribution in [0, 0.1) is 0 Å². The fourth-order valence-electron chi connectivity index (χ4n) is 2.44. The lowest BCUT2D eigenvalue weighted by Gasteiger charge is -2.06. The van der Waals surface area contributed by atoms with Crippen molar-refractivity contribution >= 4 is 22.5 Å². The van der Waals surface area contributed by atoms with Crippen LogP contribution in [0.2, 0.25) is 5.02 Å². The Morgan fingerprint density at radius 3 is 2.86 bits per heavy atom. The number of rotatable bonds is 9. The highest BCUT2D eigenvalue weighted by Crippen LogP contribution is 2.25. The van der Waals surface area contributed by atoms with Gasteiger partial charge in [0.1, 0.15) is 0 Å². The maximum absolute atomic E-state index is 6.13. The summed E-state index contributed by atoms with van der Waals surface area (Å²) in [6, 6.07) is 6.07. The molecule has 4 nitrogen and oxygen atoms in total. The van der Waals surface area contributed by atoms with Gasteiger partial charge in [-0.15, -0.1) is 0 Å². The second kappa shape index (κ2) is 8.39. The fraction of sp³-hybridized carbons (Fsp3) is 0.500. The number of benzene rings is 1. The molecule has 1 N–H and O–H groups in total. The normalized spacial score (nSPS) is 11.4. The van der Waals surface area contributed by atoms with Crippen molar-refractivity contribution in [3.05, 3.63) is 35.0 Å². The van der Waals surface area contributed by atoms with E-state index in [9.17, 15) is 0 Å². The number of aromatic nitrogens is 1. The Morgan fingerprint density at radius 1 is 1.24 bits per heavy atom. The standard InChI is InChI=1S/C16H23ClN2O2/c1-18-11-13-12-19(6-3-7-21-9-8-20-2)16-10-14(17)4-5-15(13)16/h4-5,10,12,18H,3,6-9,11H2,1-2H3. The van der Waals surface area contributed by atoms with E-state index in [4.69, 9.17) is 21.1 Å². The average Bonchev–Trinajstić information content (AvgIpc) is 2.81. The van der Waals surface area contributed by atoms with Crippen molar-refractivity contribution in [2.75, 3.05) is 34.0 Å². The molecule has 0 radical (unpaired) electrons.